The van der Waals surface area contributed by atoms with Crippen LogP contribution in [0.1, 0.15) is 0 Å². The Morgan fingerprint density at radius 1 is 0.733 bits per heavy atom. The summed E-state index contributed by atoms with van der Waals surface area (Å²) in [6.45, 7) is 15.0. The minimum absolute atomic E-state index is 0.696. The monoisotopic (exact) mass is 254 g/mol. The van der Waals surface area contributed by atoms with Crippen LogP contribution in [0.3, 0.4) is 0 Å². The van der Waals surface area contributed by atoms with Crippen molar-refractivity contribution in [3.63, 3.8) is 0 Å². The van der Waals surface area contributed by atoms with Crippen LogP contribution in [0.2, 0.25) is 0 Å². The van der Waals surface area contributed by atoms with Gasteiger partial charge in [0.1, 0.15) is 0 Å². The summed E-state index contributed by atoms with van der Waals surface area (Å²) in [5.41, 5.74) is 0. The van der Waals surface area contributed by atoms with Crippen LogP contribution in [0, 0.1) is 0 Å². The summed E-state index contributed by atoms with van der Waals surface area (Å²) >= 11 is 9.55. The maximum Gasteiger partial charge on any atom is 0.00501 e. The van der Waals surface area contributed by atoms with E-state index in [0.717, 1.165) is 9.81 Å². The Morgan fingerprint density at radius 2 is 1.07 bits per heavy atom. The van der Waals surface area contributed by atoms with Crippen molar-refractivity contribution in [3.05, 3.63) is 70.2 Å². The van der Waals surface area contributed by atoms with E-state index in [1.54, 1.807) is 12.2 Å². The molecule has 0 heterocycles. The van der Waals surface area contributed by atoms with Crippen LogP contribution < -0.4 is 0 Å². The molecular weight excluding hydrogens is 240 g/mol. The Morgan fingerprint density at radius 3 is 1.33 bits per heavy atom. The Bertz CT molecular complexity index is 312. The third-order valence-corrected chi connectivity index (χ3v) is 2.28. The normalized spacial score (nSPS) is 10.8. The van der Waals surface area contributed by atoms with Gasteiger partial charge in [0.25, 0.3) is 0 Å². The van der Waals surface area contributed by atoms with Crippen molar-refractivity contribution in [2.75, 3.05) is 0 Å². The number of thiol groups is 2. The lowest BCUT2D eigenvalue weighted by Crippen LogP contribution is -1.70. The standard InChI is InChI=1S/C12H14S3/c1-9(13)5-7-11(3)15-12(4)8-6-10(2)14/h5-8,13-14H,1-4H2/b7-5-,8-6-. The van der Waals surface area contributed by atoms with E-state index in [4.69, 9.17) is 0 Å². The second-order valence-corrected chi connectivity index (χ2v) is 5.09. The quantitative estimate of drug-likeness (QED) is 0.509. The fraction of sp³-hybridized carbons (Fsp3) is 0. The molecule has 0 saturated carbocycles. The predicted octanol–water partition coefficient (Wildman–Crippen LogP) is 4.75. The van der Waals surface area contributed by atoms with Crippen molar-refractivity contribution >= 4 is 37.0 Å². The molecule has 0 aliphatic rings. The van der Waals surface area contributed by atoms with Crippen LogP contribution in [0.25, 0.3) is 0 Å². The SMILES string of the molecule is C=C(S)/C=C\C(=C)SC(=C)/C=C\C(=C)S. The van der Waals surface area contributed by atoms with Crippen LogP contribution in [0.15, 0.2) is 70.2 Å². The van der Waals surface area contributed by atoms with Gasteiger partial charge in [-0.25, -0.2) is 0 Å². The van der Waals surface area contributed by atoms with Crippen LogP contribution in [-0.2, 0) is 0 Å². The van der Waals surface area contributed by atoms with E-state index < -0.39 is 0 Å². The van der Waals surface area contributed by atoms with Gasteiger partial charge < -0.3 is 0 Å². The summed E-state index contributed by atoms with van der Waals surface area (Å²) in [5.74, 6) is 0. The van der Waals surface area contributed by atoms with E-state index in [2.05, 4.69) is 51.6 Å². The topological polar surface area (TPSA) is 0 Å². The summed E-state index contributed by atoms with van der Waals surface area (Å²) in [7, 11) is 0. The van der Waals surface area contributed by atoms with Gasteiger partial charge >= 0.3 is 0 Å². The van der Waals surface area contributed by atoms with Crippen LogP contribution in [0.4, 0.5) is 0 Å². The lowest BCUT2D eigenvalue weighted by molar-refractivity contribution is 1.87. The average Bonchev–Trinajstić information content (AvgIpc) is 2.11. The molecule has 0 bridgehead atoms. The first-order valence-electron chi connectivity index (χ1n) is 4.09. The van der Waals surface area contributed by atoms with E-state index in [0.29, 0.717) is 9.81 Å². The minimum atomic E-state index is 0.696. The molecule has 3 heteroatoms. The zero-order valence-corrected chi connectivity index (χ0v) is 11.0. The summed E-state index contributed by atoms with van der Waals surface area (Å²) in [5, 5.41) is 0. The van der Waals surface area contributed by atoms with Gasteiger partial charge in [-0.3, -0.25) is 0 Å². The van der Waals surface area contributed by atoms with Gasteiger partial charge in [-0.15, -0.1) is 25.3 Å². The molecule has 0 nitrogen and oxygen atoms in total. The predicted molar refractivity (Wildman–Crippen MR) is 80.4 cm³/mol. The minimum Gasteiger partial charge on any atom is -0.144 e. The number of allylic oxidation sites excluding steroid dienone is 4. The van der Waals surface area contributed by atoms with Crippen molar-refractivity contribution < 1.29 is 0 Å². The summed E-state index contributed by atoms with van der Waals surface area (Å²) in [6.07, 6.45) is 7.25. The maximum absolute atomic E-state index is 4.04. The zero-order valence-electron chi connectivity index (χ0n) is 8.44. The molecule has 0 amide bonds. The molecule has 0 aromatic heterocycles. The van der Waals surface area contributed by atoms with Gasteiger partial charge in [-0.05, 0) is 34.1 Å². The van der Waals surface area contributed by atoms with Gasteiger partial charge in [0.15, 0.2) is 0 Å². The Kier molecular flexibility index (Phi) is 7.48. The molecule has 0 aromatic rings. The van der Waals surface area contributed by atoms with Gasteiger partial charge in [-0.1, -0.05) is 38.1 Å². The molecule has 15 heavy (non-hydrogen) atoms. The molecule has 0 saturated heterocycles. The molecule has 0 aromatic carbocycles. The van der Waals surface area contributed by atoms with Crippen molar-refractivity contribution in [3.8, 4) is 0 Å². The Balaban J connectivity index is 4.14. The number of rotatable bonds is 6. The Labute approximate surface area is 107 Å². The van der Waals surface area contributed by atoms with Gasteiger partial charge in [-0.2, -0.15) is 0 Å². The fourth-order valence-corrected chi connectivity index (χ4v) is 1.37. The number of hydrogen-bond donors (Lipinski definition) is 2. The second kappa shape index (κ2) is 7.74. The number of thioether (sulfide) groups is 1. The molecule has 0 spiro atoms. The van der Waals surface area contributed by atoms with Crippen molar-refractivity contribution in [2.24, 2.45) is 0 Å². The van der Waals surface area contributed by atoms with Gasteiger partial charge in [0, 0.05) is 9.81 Å². The summed E-state index contributed by atoms with van der Waals surface area (Å²) in [6, 6.07) is 0. The van der Waals surface area contributed by atoms with E-state index in [1.165, 1.54) is 11.8 Å². The maximum atomic E-state index is 4.04. The average molecular weight is 254 g/mol. The van der Waals surface area contributed by atoms with Gasteiger partial charge in [0.05, 0.1) is 0 Å². The van der Waals surface area contributed by atoms with Gasteiger partial charge in [0.2, 0.25) is 0 Å². The highest BCUT2D eigenvalue weighted by Gasteiger charge is 1.92. The third-order valence-electron chi connectivity index (χ3n) is 1.19. The molecule has 0 aliphatic carbocycles. The highest BCUT2D eigenvalue weighted by Crippen LogP contribution is 2.25. The molecular formula is C12H14S3. The molecule has 0 rings (SSSR count). The molecule has 0 unspecified atom stereocenters. The van der Waals surface area contributed by atoms with Crippen molar-refractivity contribution in [1.82, 2.24) is 0 Å². The molecule has 80 valence electrons. The van der Waals surface area contributed by atoms with E-state index >= 15 is 0 Å². The fourth-order valence-electron chi connectivity index (χ4n) is 0.615. The largest absolute Gasteiger partial charge is 0.144 e. The summed E-state index contributed by atoms with van der Waals surface area (Å²) < 4.78 is 0. The lowest BCUT2D eigenvalue weighted by atomic mass is 10.5. The molecule has 0 fully saturated rings. The Hall–Kier alpha value is -0.510. The highest BCUT2D eigenvalue weighted by molar-refractivity contribution is 8.07. The first-order chi connectivity index (χ1) is 6.91. The van der Waals surface area contributed by atoms with Crippen molar-refractivity contribution in [2.45, 2.75) is 0 Å². The number of hydrogen-bond acceptors (Lipinski definition) is 3. The molecule has 0 atom stereocenters. The summed E-state index contributed by atoms with van der Waals surface area (Å²) in [4.78, 5) is 3.15. The van der Waals surface area contributed by atoms with Crippen LogP contribution >= 0.6 is 37.0 Å². The van der Waals surface area contributed by atoms with E-state index in [9.17, 15) is 0 Å². The van der Waals surface area contributed by atoms with E-state index in [1.807, 2.05) is 12.2 Å². The van der Waals surface area contributed by atoms with Crippen LogP contribution in [0.5, 0.6) is 0 Å². The van der Waals surface area contributed by atoms with E-state index in [-0.39, 0.29) is 0 Å². The third kappa shape index (κ3) is 9.79. The smallest absolute Gasteiger partial charge is 0.00501 e. The first-order valence-corrected chi connectivity index (χ1v) is 5.80. The molecule has 0 N–H and O–H groups in total. The van der Waals surface area contributed by atoms with Crippen LogP contribution in [-0.4, -0.2) is 0 Å². The highest BCUT2D eigenvalue weighted by atomic mass is 32.2. The molecule has 0 radical (unpaired) electrons. The first kappa shape index (κ1) is 14.5. The zero-order chi connectivity index (χ0) is 11.8. The van der Waals surface area contributed by atoms with Crippen molar-refractivity contribution in [1.29, 1.82) is 0 Å². The lowest BCUT2D eigenvalue weighted by Gasteiger charge is -1.99. The molecule has 0 aliphatic heterocycles. The second-order valence-electron chi connectivity index (χ2n) is 2.68.